The van der Waals surface area contributed by atoms with E-state index in [9.17, 15) is 0 Å². The molecule has 0 saturated heterocycles. The molecule has 7 heteroatoms. The van der Waals surface area contributed by atoms with E-state index < -0.39 is 0 Å². The number of nitrogens with zero attached hydrogens (tertiary/aromatic N) is 3. The van der Waals surface area contributed by atoms with Gasteiger partial charge in [0.15, 0.2) is 5.82 Å². The van der Waals surface area contributed by atoms with Crippen LogP contribution in [0, 0.1) is 0 Å². The maximum absolute atomic E-state index is 5.89. The zero-order valence-electron chi connectivity index (χ0n) is 20.8. The van der Waals surface area contributed by atoms with Gasteiger partial charge >= 0.3 is 0 Å². The maximum Gasteiger partial charge on any atom is 0.174 e. The van der Waals surface area contributed by atoms with Gasteiger partial charge in [-0.3, -0.25) is 0 Å². The van der Waals surface area contributed by atoms with Gasteiger partial charge < -0.3 is 14.5 Å². The van der Waals surface area contributed by atoms with Crippen LogP contribution in [0.15, 0.2) is 79.0 Å². The first-order chi connectivity index (χ1) is 18.3. The summed E-state index contributed by atoms with van der Waals surface area (Å²) in [6.07, 6.45) is 11.1. The molecule has 0 unspecified atom stereocenters. The molecule has 37 heavy (non-hydrogen) atoms. The fourth-order valence-corrected chi connectivity index (χ4v) is 4.27. The first kappa shape index (κ1) is 24.3. The average molecular weight is 494 g/mol. The number of hydrogen-bond donors (Lipinski definition) is 2. The molecular weight excluding hydrogens is 462 g/mol. The number of aryl methyl sites for hydroxylation is 2. The normalized spacial score (nSPS) is 11.4. The summed E-state index contributed by atoms with van der Waals surface area (Å²) in [6, 6.07) is 24.6. The van der Waals surface area contributed by atoms with Gasteiger partial charge in [0.25, 0.3) is 0 Å². The SMILES string of the molecule is C(=C\c1cccc2c(CCCc3nn[nH]n3)c[nH]c12)/c1ccc(OCCCCOc2ccccc2)cc1. The van der Waals surface area contributed by atoms with E-state index in [0.29, 0.717) is 13.2 Å². The summed E-state index contributed by atoms with van der Waals surface area (Å²) in [6.45, 7) is 1.38. The van der Waals surface area contributed by atoms with Gasteiger partial charge in [-0.05, 0) is 66.6 Å². The molecule has 2 heterocycles. The van der Waals surface area contributed by atoms with Crippen LogP contribution in [0.3, 0.4) is 0 Å². The summed E-state index contributed by atoms with van der Waals surface area (Å²) in [5, 5.41) is 15.4. The largest absolute Gasteiger partial charge is 0.494 e. The molecule has 0 radical (unpaired) electrons. The topological polar surface area (TPSA) is 88.7 Å². The highest BCUT2D eigenvalue weighted by atomic mass is 16.5. The number of H-pyrrole nitrogens is 2. The molecule has 2 N–H and O–H groups in total. The van der Waals surface area contributed by atoms with Crippen molar-refractivity contribution < 1.29 is 9.47 Å². The lowest BCUT2D eigenvalue weighted by Gasteiger charge is -2.08. The number of tetrazole rings is 1. The molecule has 0 bridgehead atoms. The van der Waals surface area contributed by atoms with Gasteiger partial charge in [0.2, 0.25) is 0 Å². The zero-order chi connectivity index (χ0) is 25.1. The molecule has 0 amide bonds. The van der Waals surface area contributed by atoms with Gasteiger partial charge in [-0.25, -0.2) is 0 Å². The van der Waals surface area contributed by atoms with Crippen molar-refractivity contribution in [2.45, 2.75) is 32.1 Å². The van der Waals surface area contributed by atoms with Crippen LogP contribution in [0.25, 0.3) is 23.1 Å². The van der Waals surface area contributed by atoms with Crippen LogP contribution in [0.4, 0.5) is 0 Å². The van der Waals surface area contributed by atoms with Gasteiger partial charge in [-0.15, -0.1) is 10.2 Å². The third kappa shape index (κ3) is 6.85. The number of hydrogen-bond acceptors (Lipinski definition) is 5. The Kier molecular flexibility index (Phi) is 8.24. The summed E-state index contributed by atoms with van der Waals surface area (Å²) in [5.74, 6) is 2.56. The van der Waals surface area contributed by atoms with E-state index in [1.54, 1.807) is 0 Å². The molecule has 5 rings (SSSR count). The lowest BCUT2D eigenvalue weighted by atomic mass is 10.0. The van der Waals surface area contributed by atoms with Gasteiger partial charge in [0.05, 0.1) is 18.7 Å². The summed E-state index contributed by atoms with van der Waals surface area (Å²) in [5.41, 5.74) is 4.76. The molecule has 0 aliphatic heterocycles. The molecule has 2 aromatic heterocycles. The first-order valence-corrected chi connectivity index (χ1v) is 12.8. The lowest BCUT2D eigenvalue weighted by molar-refractivity contribution is 0.266. The Morgan fingerprint density at radius 1 is 0.730 bits per heavy atom. The molecule has 5 aromatic rings. The molecular formula is C30H31N5O2. The summed E-state index contributed by atoms with van der Waals surface area (Å²) in [4.78, 5) is 3.46. The van der Waals surface area contributed by atoms with Gasteiger partial charge in [-0.1, -0.05) is 65.9 Å². The Morgan fingerprint density at radius 3 is 2.27 bits per heavy atom. The lowest BCUT2D eigenvalue weighted by Crippen LogP contribution is -2.02. The van der Waals surface area contributed by atoms with Crippen LogP contribution in [-0.2, 0) is 12.8 Å². The number of ether oxygens (including phenoxy) is 2. The third-order valence-corrected chi connectivity index (χ3v) is 6.22. The number of unbranched alkanes of at least 4 members (excludes halogenated alkanes) is 1. The molecule has 0 aliphatic carbocycles. The minimum atomic E-state index is 0.680. The number of nitrogens with one attached hydrogen (secondary N) is 2. The van der Waals surface area contributed by atoms with Crippen molar-refractivity contribution in [1.82, 2.24) is 25.6 Å². The Labute approximate surface area is 216 Å². The van der Waals surface area contributed by atoms with E-state index in [0.717, 1.165) is 60.5 Å². The van der Waals surface area contributed by atoms with Crippen molar-refractivity contribution >= 4 is 23.1 Å². The number of rotatable bonds is 13. The van der Waals surface area contributed by atoms with Crippen molar-refractivity contribution in [3.8, 4) is 11.5 Å². The van der Waals surface area contributed by atoms with Gasteiger partial charge in [0.1, 0.15) is 11.5 Å². The van der Waals surface area contributed by atoms with E-state index in [2.05, 4.69) is 74.3 Å². The van der Waals surface area contributed by atoms with E-state index in [4.69, 9.17) is 9.47 Å². The van der Waals surface area contributed by atoms with Crippen LogP contribution in [0.5, 0.6) is 11.5 Å². The molecule has 0 saturated carbocycles. The van der Waals surface area contributed by atoms with E-state index >= 15 is 0 Å². The highest BCUT2D eigenvalue weighted by Gasteiger charge is 2.07. The Balaban J connectivity index is 1.09. The smallest absolute Gasteiger partial charge is 0.174 e. The Hall–Kier alpha value is -4.39. The summed E-state index contributed by atoms with van der Waals surface area (Å²) >= 11 is 0. The van der Waals surface area contributed by atoms with Crippen LogP contribution < -0.4 is 9.47 Å². The second-order valence-electron chi connectivity index (χ2n) is 8.88. The van der Waals surface area contributed by atoms with E-state index in [1.807, 2.05) is 42.5 Å². The second-order valence-corrected chi connectivity index (χ2v) is 8.88. The summed E-state index contributed by atoms with van der Waals surface area (Å²) in [7, 11) is 0. The first-order valence-electron chi connectivity index (χ1n) is 12.8. The predicted octanol–water partition coefficient (Wildman–Crippen LogP) is 6.26. The number of aromatic amines is 2. The molecule has 0 aliphatic rings. The highest BCUT2D eigenvalue weighted by Crippen LogP contribution is 2.25. The standard InChI is InChI=1S/C30H31N5O2/c1-2-10-26(11-3-1)36-20-4-5-21-37-27-18-15-23(16-19-27)14-17-24-8-6-12-28-25(22-31-30(24)28)9-7-13-29-32-34-35-33-29/h1-3,6,8,10-12,14-19,22,31H,4-5,7,9,13,20-21H2,(H,32,33,34,35)/b17-14+. The van der Waals surface area contributed by atoms with E-state index in [1.165, 1.54) is 16.5 Å². The van der Waals surface area contributed by atoms with Crippen molar-refractivity contribution in [2.24, 2.45) is 0 Å². The van der Waals surface area contributed by atoms with Crippen molar-refractivity contribution in [2.75, 3.05) is 13.2 Å². The Bertz CT molecular complexity index is 1390. The van der Waals surface area contributed by atoms with Crippen molar-refractivity contribution in [3.63, 3.8) is 0 Å². The van der Waals surface area contributed by atoms with Crippen LogP contribution in [0.2, 0.25) is 0 Å². The minimum absolute atomic E-state index is 0.680. The van der Waals surface area contributed by atoms with Crippen LogP contribution in [0.1, 0.15) is 41.8 Å². The average Bonchev–Trinajstić information content (AvgIpc) is 3.61. The highest BCUT2D eigenvalue weighted by molar-refractivity contribution is 5.92. The van der Waals surface area contributed by atoms with Crippen molar-refractivity contribution in [3.05, 3.63) is 102 Å². The molecule has 0 spiro atoms. The second kappa shape index (κ2) is 12.5. The molecule has 0 fully saturated rings. The van der Waals surface area contributed by atoms with Gasteiger partial charge in [0, 0.05) is 18.0 Å². The minimum Gasteiger partial charge on any atom is -0.494 e. The van der Waals surface area contributed by atoms with Crippen molar-refractivity contribution in [1.29, 1.82) is 0 Å². The molecule has 188 valence electrons. The number of benzene rings is 3. The molecule has 0 atom stereocenters. The molecule has 7 nitrogen and oxygen atoms in total. The number of para-hydroxylation sites is 2. The fourth-order valence-electron chi connectivity index (χ4n) is 4.27. The fraction of sp³-hybridized carbons (Fsp3) is 0.233. The zero-order valence-corrected chi connectivity index (χ0v) is 20.8. The van der Waals surface area contributed by atoms with E-state index in [-0.39, 0.29) is 0 Å². The van der Waals surface area contributed by atoms with Gasteiger partial charge in [-0.2, -0.15) is 5.21 Å². The summed E-state index contributed by atoms with van der Waals surface area (Å²) < 4.78 is 11.6. The third-order valence-electron chi connectivity index (χ3n) is 6.22. The van der Waals surface area contributed by atoms with Crippen LogP contribution >= 0.6 is 0 Å². The van der Waals surface area contributed by atoms with Crippen LogP contribution in [-0.4, -0.2) is 38.8 Å². The number of fused-ring (bicyclic) bond motifs is 1. The number of aromatic nitrogens is 5. The monoisotopic (exact) mass is 493 g/mol. The predicted molar refractivity (Wildman–Crippen MR) is 147 cm³/mol. The maximum atomic E-state index is 5.89. The Morgan fingerprint density at radius 2 is 1.51 bits per heavy atom. The molecule has 3 aromatic carbocycles. The quantitative estimate of drug-likeness (QED) is 0.149.